The largest absolute Gasteiger partial charge is 0.437 e. The summed E-state index contributed by atoms with van der Waals surface area (Å²) >= 11 is 0. The highest BCUT2D eigenvalue weighted by Crippen LogP contribution is 2.24. The molecule has 0 unspecified atom stereocenters. The van der Waals surface area contributed by atoms with E-state index in [1.54, 1.807) is 12.1 Å². The minimum absolute atomic E-state index is 0.0678. The minimum Gasteiger partial charge on any atom is -0.437 e. The molecular formula is C18H15N3O3. The van der Waals surface area contributed by atoms with Crippen LogP contribution in [0.3, 0.4) is 0 Å². The van der Waals surface area contributed by atoms with Crippen LogP contribution in [-0.2, 0) is 6.42 Å². The van der Waals surface area contributed by atoms with Crippen LogP contribution in [-0.4, -0.2) is 25.6 Å². The normalized spacial score (nSPS) is 10.3. The van der Waals surface area contributed by atoms with Gasteiger partial charge in [-0.15, -0.1) is 5.10 Å². The van der Waals surface area contributed by atoms with Gasteiger partial charge in [0.05, 0.1) is 0 Å². The lowest BCUT2D eigenvalue weighted by Crippen LogP contribution is -1.98. The Labute approximate surface area is 138 Å². The van der Waals surface area contributed by atoms with Gasteiger partial charge >= 0.3 is 0 Å². The van der Waals surface area contributed by atoms with Gasteiger partial charge in [0, 0.05) is 12.0 Å². The molecule has 0 aliphatic rings. The van der Waals surface area contributed by atoms with Gasteiger partial charge in [0.25, 0.3) is 0 Å². The van der Waals surface area contributed by atoms with Gasteiger partial charge in [-0.2, -0.15) is 0 Å². The molecule has 1 heterocycles. The third-order valence-corrected chi connectivity index (χ3v) is 3.23. The van der Waals surface area contributed by atoms with Gasteiger partial charge in [-0.1, -0.05) is 47.4 Å². The molecule has 0 fully saturated rings. The van der Waals surface area contributed by atoms with Crippen LogP contribution in [0.15, 0.2) is 54.6 Å². The summed E-state index contributed by atoms with van der Waals surface area (Å²) < 4.78 is 5.49. The van der Waals surface area contributed by atoms with E-state index in [2.05, 4.69) is 27.3 Å². The summed E-state index contributed by atoms with van der Waals surface area (Å²) in [7, 11) is 0. The number of aromatic amines is 1. The van der Waals surface area contributed by atoms with E-state index in [-0.39, 0.29) is 11.6 Å². The first-order valence-electron chi connectivity index (χ1n) is 7.30. The predicted octanol–water partition coefficient (Wildman–Crippen LogP) is 2.17. The van der Waals surface area contributed by atoms with Crippen LogP contribution in [0.2, 0.25) is 0 Å². The second kappa shape index (κ2) is 7.42. The topological polar surface area (TPSA) is 91.3 Å². The zero-order valence-corrected chi connectivity index (χ0v) is 12.7. The number of aliphatic hydroxyl groups excluding tert-OH is 1. The van der Waals surface area contributed by atoms with Crippen LogP contribution in [0.1, 0.15) is 23.1 Å². The molecule has 0 amide bonds. The van der Waals surface area contributed by atoms with E-state index >= 15 is 0 Å². The van der Waals surface area contributed by atoms with Crippen molar-refractivity contribution in [2.45, 2.75) is 12.7 Å². The smallest absolute Gasteiger partial charge is 0.244 e. The number of aliphatic hydroxyl groups is 2. The number of ether oxygens (including phenoxy) is 1. The lowest BCUT2D eigenvalue weighted by molar-refractivity contribution is -0.0470. The molecule has 120 valence electrons. The van der Waals surface area contributed by atoms with E-state index in [0.29, 0.717) is 12.2 Å². The van der Waals surface area contributed by atoms with Crippen molar-refractivity contribution in [1.29, 1.82) is 0 Å². The third kappa shape index (κ3) is 3.98. The molecule has 6 nitrogen and oxygen atoms in total. The molecule has 24 heavy (non-hydrogen) atoms. The summed E-state index contributed by atoms with van der Waals surface area (Å²) in [5.74, 6) is 6.82. The monoisotopic (exact) mass is 321 g/mol. The van der Waals surface area contributed by atoms with Gasteiger partial charge < -0.3 is 14.9 Å². The molecule has 1 aromatic heterocycles. The highest BCUT2D eigenvalue weighted by Gasteiger charge is 2.15. The molecule has 0 atom stereocenters. The molecule has 3 aromatic rings. The molecule has 0 radical (unpaired) electrons. The zero-order valence-electron chi connectivity index (χ0n) is 12.7. The fourth-order valence-corrected chi connectivity index (χ4v) is 2.04. The first-order valence-corrected chi connectivity index (χ1v) is 7.30. The summed E-state index contributed by atoms with van der Waals surface area (Å²) in [5, 5.41) is 27.8. The van der Waals surface area contributed by atoms with Crippen LogP contribution >= 0.6 is 0 Å². The van der Waals surface area contributed by atoms with E-state index in [9.17, 15) is 0 Å². The Hall–Kier alpha value is -3.14. The maximum Gasteiger partial charge on any atom is 0.244 e. The van der Waals surface area contributed by atoms with Crippen molar-refractivity contribution in [2.24, 2.45) is 0 Å². The van der Waals surface area contributed by atoms with Crippen LogP contribution in [0, 0.1) is 11.8 Å². The molecule has 0 spiro atoms. The van der Waals surface area contributed by atoms with Crippen molar-refractivity contribution >= 4 is 0 Å². The Bertz CT molecular complexity index is 846. The SMILES string of the molecule is OC(O)c1nn[nH]c1Oc1ccc(C#CCc2ccccc2)cc1. The highest BCUT2D eigenvalue weighted by atomic mass is 16.5. The summed E-state index contributed by atoms with van der Waals surface area (Å²) in [6.07, 6.45) is -1.06. The van der Waals surface area contributed by atoms with Gasteiger partial charge in [0.15, 0.2) is 5.69 Å². The molecular weight excluding hydrogens is 306 g/mol. The molecule has 0 saturated carbocycles. The van der Waals surface area contributed by atoms with Crippen molar-refractivity contribution in [3.8, 4) is 23.5 Å². The average Bonchev–Trinajstić information content (AvgIpc) is 3.06. The molecule has 0 aliphatic heterocycles. The Morgan fingerprint density at radius 3 is 2.50 bits per heavy atom. The Morgan fingerprint density at radius 1 is 1.04 bits per heavy atom. The number of H-pyrrole nitrogens is 1. The Kier molecular flexibility index (Phi) is 4.87. The number of hydrogen-bond acceptors (Lipinski definition) is 5. The van der Waals surface area contributed by atoms with E-state index in [0.717, 1.165) is 5.56 Å². The molecule has 3 N–H and O–H groups in total. The molecule has 6 heteroatoms. The standard InChI is InChI=1S/C18H15N3O3/c22-18(23)16-17(20-21-19-16)24-15-11-9-14(10-12-15)8-4-7-13-5-2-1-3-6-13/h1-3,5-6,9-12,18,22-23H,7H2,(H,19,20,21). The highest BCUT2D eigenvalue weighted by molar-refractivity contribution is 5.40. The van der Waals surface area contributed by atoms with E-state index < -0.39 is 6.29 Å². The van der Waals surface area contributed by atoms with E-state index in [4.69, 9.17) is 14.9 Å². The summed E-state index contributed by atoms with van der Waals surface area (Å²) in [6.45, 7) is 0. The molecule has 0 aliphatic carbocycles. The Morgan fingerprint density at radius 2 is 1.79 bits per heavy atom. The molecule has 2 aromatic carbocycles. The lowest BCUT2D eigenvalue weighted by atomic mass is 10.1. The third-order valence-electron chi connectivity index (χ3n) is 3.23. The van der Waals surface area contributed by atoms with Crippen molar-refractivity contribution < 1.29 is 14.9 Å². The lowest BCUT2D eigenvalue weighted by Gasteiger charge is -2.05. The summed E-state index contributed by atoms with van der Waals surface area (Å²) in [6, 6.07) is 17.2. The van der Waals surface area contributed by atoms with Gasteiger partial charge in [0.2, 0.25) is 12.2 Å². The van der Waals surface area contributed by atoms with Crippen LogP contribution in [0.25, 0.3) is 0 Å². The van der Waals surface area contributed by atoms with Crippen molar-refractivity contribution in [2.75, 3.05) is 0 Å². The van der Waals surface area contributed by atoms with Crippen molar-refractivity contribution in [3.05, 3.63) is 71.4 Å². The van der Waals surface area contributed by atoms with Crippen LogP contribution in [0.5, 0.6) is 11.6 Å². The van der Waals surface area contributed by atoms with Gasteiger partial charge in [-0.25, -0.2) is 5.10 Å². The summed E-state index contributed by atoms with van der Waals surface area (Å²) in [5.41, 5.74) is 1.97. The van der Waals surface area contributed by atoms with Crippen molar-refractivity contribution in [1.82, 2.24) is 15.4 Å². The van der Waals surface area contributed by atoms with Crippen LogP contribution < -0.4 is 4.74 Å². The quantitative estimate of drug-likeness (QED) is 0.506. The first-order chi connectivity index (χ1) is 11.7. The number of hydrogen-bond donors (Lipinski definition) is 3. The second-order valence-electron chi connectivity index (χ2n) is 4.99. The molecule has 0 saturated heterocycles. The van der Waals surface area contributed by atoms with Crippen LogP contribution in [0.4, 0.5) is 0 Å². The summed E-state index contributed by atoms with van der Waals surface area (Å²) in [4.78, 5) is 0. The van der Waals surface area contributed by atoms with Gasteiger partial charge in [-0.3, -0.25) is 0 Å². The van der Waals surface area contributed by atoms with Crippen molar-refractivity contribution in [3.63, 3.8) is 0 Å². The molecule has 0 bridgehead atoms. The van der Waals surface area contributed by atoms with E-state index in [1.165, 1.54) is 5.56 Å². The first kappa shape index (κ1) is 15.7. The zero-order chi connectivity index (χ0) is 16.8. The number of nitrogens with one attached hydrogen (secondary N) is 1. The fraction of sp³-hybridized carbons (Fsp3) is 0.111. The number of aromatic nitrogens is 3. The van der Waals surface area contributed by atoms with Gasteiger partial charge in [-0.05, 0) is 29.8 Å². The van der Waals surface area contributed by atoms with Gasteiger partial charge in [0.1, 0.15) is 5.75 Å². The average molecular weight is 321 g/mol. The van der Waals surface area contributed by atoms with E-state index in [1.807, 2.05) is 42.5 Å². The molecule has 3 rings (SSSR count). The number of rotatable bonds is 4. The number of nitrogens with zero attached hydrogens (tertiary/aromatic N) is 2. The maximum atomic E-state index is 9.14. The minimum atomic E-state index is -1.75. The fourth-order valence-electron chi connectivity index (χ4n) is 2.04. The second-order valence-corrected chi connectivity index (χ2v) is 4.99. The Balaban J connectivity index is 1.64. The maximum absolute atomic E-state index is 9.14. The number of benzene rings is 2. The predicted molar refractivity (Wildman–Crippen MR) is 87.1 cm³/mol.